The minimum Gasteiger partial charge on any atom is -0.322 e. The van der Waals surface area contributed by atoms with Crippen molar-refractivity contribution in [2.75, 3.05) is 5.32 Å². The Morgan fingerprint density at radius 2 is 1.90 bits per heavy atom. The van der Waals surface area contributed by atoms with Crippen molar-refractivity contribution in [1.82, 2.24) is 14.8 Å². The number of amides is 1. The molecule has 0 bridgehead atoms. The molecule has 0 aliphatic heterocycles. The monoisotopic (exact) mass is 408 g/mol. The van der Waals surface area contributed by atoms with Gasteiger partial charge in [-0.1, -0.05) is 48.0 Å². The Labute approximate surface area is 182 Å². The van der Waals surface area contributed by atoms with Gasteiger partial charge in [0.05, 0.1) is 6.54 Å². The summed E-state index contributed by atoms with van der Waals surface area (Å²) >= 11 is 0. The topological polar surface area (TPSA) is 59.8 Å². The second-order valence-electron chi connectivity index (χ2n) is 7.50. The Balaban J connectivity index is 1.59. The highest BCUT2D eigenvalue weighted by atomic mass is 16.1. The lowest BCUT2D eigenvalue weighted by Crippen LogP contribution is -2.08. The highest BCUT2D eigenvalue weighted by molar-refractivity contribution is 6.02. The summed E-state index contributed by atoms with van der Waals surface area (Å²) in [6, 6.07) is 20.0. The maximum absolute atomic E-state index is 12.5. The molecule has 5 nitrogen and oxygen atoms in total. The number of carbonyl (C=O) groups is 1. The molecule has 0 saturated heterocycles. The Morgan fingerprint density at radius 1 is 1.06 bits per heavy atom. The quantitative estimate of drug-likeness (QED) is 0.443. The van der Waals surface area contributed by atoms with Crippen LogP contribution in [-0.4, -0.2) is 20.7 Å². The first-order valence-corrected chi connectivity index (χ1v) is 10.2. The van der Waals surface area contributed by atoms with Gasteiger partial charge in [0.2, 0.25) is 5.91 Å². The molecule has 0 aliphatic carbocycles. The van der Waals surface area contributed by atoms with Crippen molar-refractivity contribution in [3.05, 3.63) is 108 Å². The second-order valence-corrected chi connectivity index (χ2v) is 7.50. The van der Waals surface area contributed by atoms with Crippen molar-refractivity contribution >= 4 is 17.7 Å². The van der Waals surface area contributed by atoms with Gasteiger partial charge in [-0.2, -0.15) is 5.10 Å². The van der Waals surface area contributed by atoms with Gasteiger partial charge in [0.15, 0.2) is 0 Å². The molecule has 4 rings (SSSR count). The fraction of sp³-hybridized carbons (Fsp3) is 0.115. The Kier molecular flexibility index (Phi) is 6.03. The molecule has 4 aromatic rings. The summed E-state index contributed by atoms with van der Waals surface area (Å²) in [7, 11) is 0. The van der Waals surface area contributed by atoms with E-state index in [-0.39, 0.29) is 5.91 Å². The number of hydrogen-bond acceptors (Lipinski definition) is 3. The lowest BCUT2D eigenvalue weighted by Gasteiger charge is -2.07. The van der Waals surface area contributed by atoms with E-state index >= 15 is 0 Å². The first-order chi connectivity index (χ1) is 15.1. The molecule has 0 radical (unpaired) electrons. The lowest BCUT2D eigenvalue weighted by atomic mass is 10.1. The summed E-state index contributed by atoms with van der Waals surface area (Å²) in [4.78, 5) is 16.7. The molecule has 0 aliphatic rings. The average Bonchev–Trinajstić information content (AvgIpc) is 3.18. The molecule has 154 valence electrons. The summed E-state index contributed by atoms with van der Waals surface area (Å²) in [5.41, 5.74) is 6.73. The van der Waals surface area contributed by atoms with Crippen LogP contribution >= 0.6 is 0 Å². The largest absolute Gasteiger partial charge is 0.322 e. The number of anilines is 1. The summed E-state index contributed by atoms with van der Waals surface area (Å²) in [6.45, 7) is 4.67. The third-order valence-corrected chi connectivity index (χ3v) is 4.97. The third kappa shape index (κ3) is 5.14. The van der Waals surface area contributed by atoms with E-state index in [1.165, 1.54) is 0 Å². The number of aryl methyl sites for hydroxylation is 2. The SMILES string of the molecule is Cc1ccc(NC(=O)/C=C/c2cn(Cc3ccccc3)nc2-c2cccnc2)c(C)c1. The minimum absolute atomic E-state index is 0.181. The highest BCUT2D eigenvalue weighted by Gasteiger charge is 2.11. The summed E-state index contributed by atoms with van der Waals surface area (Å²) in [5.74, 6) is -0.181. The van der Waals surface area contributed by atoms with Crippen LogP contribution in [0.4, 0.5) is 5.69 Å². The van der Waals surface area contributed by atoms with Gasteiger partial charge in [0.25, 0.3) is 0 Å². The fourth-order valence-electron chi connectivity index (χ4n) is 3.43. The van der Waals surface area contributed by atoms with E-state index in [0.717, 1.165) is 39.2 Å². The van der Waals surface area contributed by atoms with Gasteiger partial charge in [-0.15, -0.1) is 0 Å². The van der Waals surface area contributed by atoms with Crippen LogP contribution < -0.4 is 5.32 Å². The number of benzene rings is 2. The number of aromatic nitrogens is 3. The minimum atomic E-state index is -0.181. The van der Waals surface area contributed by atoms with Gasteiger partial charge in [0, 0.05) is 41.5 Å². The molecular weight excluding hydrogens is 384 g/mol. The molecular formula is C26H24N4O. The van der Waals surface area contributed by atoms with Crippen molar-refractivity contribution in [2.45, 2.75) is 20.4 Å². The molecule has 1 N–H and O–H groups in total. The lowest BCUT2D eigenvalue weighted by molar-refractivity contribution is -0.111. The summed E-state index contributed by atoms with van der Waals surface area (Å²) in [5, 5.41) is 7.70. The molecule has 2 heterocycles. The van der Waals surface area contributed by atoms with Crippen LogP contribution in [0.2, 0.25) is 0 Å². The van der Waals surface area contributed by atoms with Gasteiger partial charge >= 0.3 is 0 Å². The van der Waals surface area contributed by atoms with E-state index in [1.807, 2.05) is 73.3 Å². The number of pyridine rings is 1. The van der Waals surface area contributed by atoms with E-state index in [2.05, 4.69) is 22.4 Å². The normalized spacial score (nSPS) is 11.0. The third-order valence-electron chi connectivity index (χ3n) is 4.97. The molecule has 0 unspecified atom stereocenters. The first-order valence-electron chi connectivity index (χ1n) is 10.2. The van der Waals surface area contributed by atoms with E-state index in [1.54, 1.807) is 24.5 Å². The van der Waals surface area contributed by atoms with E-state index < -0.39 is 0 Å². The van der Waals surface area contributed by atoms with E-state index in [0.29, 0.717) is 6.54 Å². The van der Waals surface area contributed by atoms with Gasteiger partial charge in [0.1, 0.15) is 5.69 Å². The van der Waals surface area contributed by atoms with Crippen molar-refractivity contribution in [3.8, 4) is 11.3 Å². The zero-order valence-corrected chi connectivity index (χ0v) is 17.6. The van der Waals surface area contributed by atoms with Crippen LogP contribution in [0, 0.1) is 13.8 Å². The number of carbonyl (C=O) groups excluding carboxylic acids is 1. The van der Waals surface area contributed by atoms with Gasteiger partial charge in [-0.05, 0) is 49.2 Å². The Hall–Kier alpha value is -3.99. The maximum atomic E-state index is 12.5. The van der Waals surface area contributed by atoms with E-state index in [9.17, 15) is 4.79 Å². The van der Waals surface area contributed by atoms with Gasteiger partial charge in [-0.25, -0.2) is 0 Å². The standard InChI is InChI=1S/C26H24N4O/c1-19-10-12-24(20(2)15-19)28-25(31)13-11-23-18-30(17-21-7-4-3-5-8-21)29-26(23)22-9-6-14-27-16-22/h3-16,18H,17H2,1-2H3,(H,28,31)/b13-11+. The number of nitrogens with zero attached hydrogens (tertiary/aromatic N) is 3. The van der Waals surface area contributed by atoms with Crippen LogP contribution in [0.5, 0.6) is 0 Å². The summed E-state index contributed by atoms with van der Waals surface area (Å²) < 4.78 is 1.89. The Morgan fingerprint density at radius 3 is 2.65 bits per heavy atom. The summed E-state index contributed by atoms with van der Waals surface area (Å²) in [6.07, 6.45) is 8.81. The smallest absolute Gasteiger partial charge is 0.248 e. The molecule has 2 aromatic carbocycles. The van der Waals surface area contributed by atoms with Crippen molar-refractivity contribution < 1.29 is 4.79 Å². The Bertz CT molecular complexity index is 1210. The molecule has 0 saturated carbocycles. The van der Waals surface area contributed by atoms with Crippen LogP contribution in [0.25, 0.3) is 17.3 Å². The zero-order valence-electron chi connectivity index (χ0n) is 17.6. The molecule has 31 heavy (non-hydrogen) atoms. The predicted octanol–water partition coefficient (Wildman–Crippen LogP) is 5.26. The number of nitrogens with one attached hydrogen (secondary N) is 1. The molecule has 2 aromatic heterocycles. The first kappa shape index (κ1) is 20.3. The average molecular weight is 409 g/mol. The van der Waals surface area contributed by atoms with Crippen molar-refractivity contribution in [3.63, 3.8) is 0 Å². The predicted molar refractivity (Wildman–Crippen MR) is 125 cm³/mol. The molecule has 0 spiro atoms. The molecule has 1 amide bonds. The van der Waals surface area contributed by atoms with Crippen LogP contribution in [0.1, 0.15) is 22.3 Å². The van der Waals surface area contributed by atoms with Crippen LogP contribution in [0.3, 0.4) is 0 Å². The second kappa shape index (κ2) is 9.22. The molecule has 0 atom stereocenters. The van der Waals surface area contributed by atoms with Gasteiger partial charge in [-0.3, -0.25) is 14.5 Å². The molecule has 5 heteroatoms. The van der Waals surface area contributed by atoms with Crippen molar-refractivity contribution in [1.29, 1.82) is 0 Å². The van der Waals surface area contributed by atoms with Crippen LogP contribution in [-0.2, 0) is 11.3 Å². The van der Waals surface area contributed by atoms with E-state index in [4.69, 9.17) is 5.10 Å². The number of rotatable bonds is 6. The fourth-order valence-corrected chi connectivity index (χ4v) is 3.43. The van der Waals surface area contributed by atoms with Crippen LogP contribution in [0.15, 0.2) is 85.3 Å². The number of hydrogen-bond donors (Lipinski definition) is 1. The van der Waals surface area contributed by atoms with Gasteiger partial charge < -0.3 is 5.32 Å². The maximum Gasteiger partial charge on any atom is 0.248 e. The molecule has 0 fully saturated rings. The van der Waals surface area contributed by atoms with Crippen molar-refractivity contribution in [2.24, 2.45) is 0 Å². The highest BCUT2D eigenvalue weighted by Crippen LogP contribution is 2.23. The zero-order chi connectivity index (χ0) is 21.6.